The summed E-state index contributed by atoms with van der Waals surface area (Å²) in [5.41, 5.74) is 1.77. The van der Waals surface area contributed by atoms with E-state index in [0.717, 1.165) is 43.2 Å². The normalized spacial score (nSPS) is 14.7. The van der Waals surface area contributed by atoms with Gasteiger partial charge in [0.15, 0.2) is 5.03 Å². The van der Waals surface area contributed by atoms with E-state index >= 15 is 0 Å². The summed E-state index contributed by atoms with van der Waals surface area (Å²) in [6, 6.07) is 15.3. The molecule has 0 bridgehead atoms. The zero-order valence-corrected chi connectivity index (χ0v) is 19.8. The summed E-state index contributed by atoms with van der Waals surface area (Å²) in [6.45, 7) is 7.71. The zero-order chi connectivity index (χ0) is 23.0. The third-order valence-electron chi connectivity index (χ3n) is 5.52. The molecule has 2 aromatic carbocycles. The Morgan fingerprint density at radius 3 is 2.55 bits per heavy atom. The number of hydrogen-bond donors (Lipinski definition) is 1. The first-order chi connectivity index (χ1) is 16.1. The number of aryl methyl sites for hydroxylation is 1. The molecule has 3 aromatic rings. The van der Waals surface area contributed by atoms with Crippen LogP contribution in [0.5, 0.6) is 11.6 Å². The van der Waals surface area contributed by atoms with E-state index in [1.165, 1.54) is 11.8 Å². The monoisotopic (exact) mass is 463 g/mol. The molecule has 0 saturated carbocycles. The van der Waals surface area contributed by atoms with Gasteiger partial charge < -0.3 is 15.0 Å². The standard InChI is InChI=1S/C25H29N5O2S/c1-19-7-9-20(10-8-19)32-24-25(28-12-11-27-24)33-22-6-4-3-5-21(22)23(31)26-13-14-30-17-15-29(2)16-18-30/h3-12H,13-18H2,1-2H3,(H,26,31). The van der Waals surface area contributed by atoms with E-state index in [4.69, 9.17) is 4.74 Å². The van der Waals surface area contributed by atoms with Gasteiger partial charge in [0, 0.05) is 56.6 Å². The molecule has 8 heteroatoms. The summed E-state index contributed by atoms with van der Waals surface area (Å²) in [5.74, 6) is 1.02. The lowest BCUT2D eigenvalue weighted by Crippen LogP contribution is -2.46. The molecule has 2 heterocycles. The van der Waals surface area contributed by atoms with Crippen molar-refractivity contribution in [2.75, 3.05) is 46.3 Å². The molecule has 7 nitrogen and oxygen atoms in total. The summed E-state index contributed by atoms with van der Waals surface area (Å²) in [6.07, 6.45) is 3.23. The number of carbonyl (C=O) groups is 1. The molecule has 1 N–H and O–H groups in total. The minimum absolute atomic E-state index is 0.0860. The molecule has 0 radical (unpaired) electrons. The van der Waals surface area contributed by atoms with Crippen LogP contribution in [0.4, 0.5) is 0 Å². The highest BCUT2D eigenvalue weighted by Crippen LogP contribution is 2.35. The minimum atomic E-state index is -0.0860. The highest BCUT2D eigenvalue weighted by atomic mass is 32.2. The number of benzene rings is 2. The molecule has 172 valence electrons. The fourth-order valence-corrected chi connectivity index (χ4v) is 4.43. The highest BCUT2D eigenvalue weighted by Gasteiger charge is 2.17. The molecule has 1 fully saturated rings. The van der Waals surface area contributed by atoms with E-state index in [-0.39, 0.29) is 5.91 Å². The Bertz CT molecular complexity index is 1070. The van der Waals surface area contributed by atoms with E-state index < -0.39 is 0 Å². The maximum atomic E-state index is 12.9. The Labute approximate surface area is 199 Å². The third kappa shape index (κ3) is 6.54. The van der Waals surface area contributed by atoms with Gasteiger partial charge in [-0.05, 0) is 38.2 Å². The van der Waals surface area contributed by atoms with Gasteiger partial charge in [-0.3, -0.25) is 9.69 Å². The second-order valence-corrected chi connectivity index (χ2v) is 9.11. The Morgan fingerprint density at radius 1 is 1.03 bits per heavy atom. The molecule has 1 aliphatic heterocycles. The first kappa shape index (κ1) is 23.2. The van der Waals surface area contributed by atoms with Crippen LogP contribution in [0.1, 0.15) is 15.9 Å². The van der Waals surface area contributed by atoms with Crippen molar-refractivity contribution in [2.45, 2.75) is 16.8 Å². The third-order valence-corrected chi connectivity index (χ3v) is 6.57. The first-order valence-corrected chi connectivity index (χ1v) is 11.9. The molecule has 0 spiro atoms. The summed E-state index contributed by atoms with van der Waals surface area (Å²) in [5, 5.41) is 3.68. The van der Waals surface area contributed by atoms with Gasteiger partial charge in [0.25, 0.3) is 11.8 Å². The second kappa shape index (κ2) is 11.3. The lowest BCUT2D eigenvalue weighted by molar-refractivity contribution is 0.0938. The lowest BCUT2D eigenvalue weighted by Gasteiger charge is -2.32. The van der Waals surface area contributed by atoms with Crippen molar-refractivity contribution in [1.82, 2.24) is 25.1 Å². The number of piperazine rings is 1. The number of rotatable bonds is 8. The Kier molecular flexibility index (Phi) is 7.93. The number of carbonyl (C=O) groups excluding carboxylic acids is 1. The fraction of sp³-hybridized carbons (Fsp3) is 0.320. The van der Waals surface area contributed by atoms with E-state index in [0.29, 0.717) is 28.8 Å². The quantitative estimate of drug-likeness (QED) is 0.546. The van der Waals surface area contributed by atoms with Crippen LogP contribution < -0.4 is 10.1 Å². The molecule has 1 aromatic heterocycles. The lowest BCUT2D eigenvalue weighted by atomic mass is 10.2. The number of ether oxygens (including phenoxy) is 1. The zero-order valence-electron chi connectivity index (χ0n) is 19.0. The largest absolute Gasteiger partial charge is 0.437 e. The van der Waals surface area contributed by atoms with Gasteiger partial charge >= 0.3 is 0 Å². The van der Waals surface area contributed by atoms with Crippen LogP contribution in [0, 0.1) is 6.92 Å². The molecular weight excluding hydrogens is 434 g/mol. The van der Waals surface area contributed by atoms with Gasteiger partial charge in [0.1, 0.15) is 5.75 Å². The van der Waals surface area contributed by atoms with Gasteiger partial charge in [0.05, 0.1) is 5.56 Å². The van der Waals surface area contributed by atoms with E-state index in [1.807, 2.05) is 55.5 Å². The molecule has 33 heavy (non-hydrogen) atoms. The number of nitrogens with zero attached hydrogens (tertiary/aromatic N) is 4. The molecule has 1 saturated heterocycles. The maximum absolute atomic E-state index is 12.9. The van der Waals surface area contributed by atoms with E-state index in [9.17, 15) is 4.79 Å². The van der Waals surface area contributed by atoms with Crippen molar-refractivity contribution in [3.63, 3.8) is 0 Å². The number of hydrogen-bond acceptors (Lipinski definition) is 7. The average molecular weight is 464 g/mol. The Morgan fingerprint density at radius 2 is 1.76 bits per heavy atom. The average Bonchev–Trinajstić information content (AvgIpc) is 2.83. The molecule has 1 aliphatic rings. The number of nitrogens with one attached hydrogen (secondary N) is 1. The van der Waals surface area contributed by atoms with Gasteiger partial charge in [-0.25, -0.2) is 9.97 Å². The van der Waals surface area contributed by atoms with E-state index in [2.05, 4.69) is 32.1 Å². The van der Waals surface area contributed by atoms with Crippen LogP contribution in [-0.2, 0) is 0 Å². The van der Waals surface area contributed by atoms with Crippen molar-refractivity contribution in [3.8, 4) is 11.6 Å². The second-order valence-electron chi connectivity index (χ2n) is 8.08. The molecule has 0 atom stereocenters. The highest BCUT2D eigenvalue weighted by molar-refractivity contribution is 7.99. The minimum Gasteiger partial charge on any atom is -0.437 e. The van der Waals surface area contributed by atoms with Crippen molar-refractivity contribution in [3.05, 3.63) is 72.1 Å². The van der Waals surface area contributed by atoms with Crippen molar-refractivity contribution < 1.29 is 9.53 Å². The van der Waals surface area contributed by atoms with Gasteiger partial charge in [0.2, 0.25) is 0 Å². The summed E-state index contributed by atoms with van der Waals surface area (Å²) >= 11 is 1.38. The van der Waals surface area contributed by atoms with Crippen LogP contribution >= 0.6 is 11.8 Å². The number of likely N-dealkylation sites (N-methyl/N-ethyl adjacent to an activating group) is 1. The van der Waals surface area contributed by atoms with Crippen LogP contribution in [0.15, 0.2) is 70.8 Å². The summed E-state index contributed by atoms with van der Waals surface area (Å²) < 4.78 is 5.97. The Balaban J connectivity index is 1.41. The number of amides is 1. The van der Waals surface area contributed by atoms with Crippen LogP contribution in [0.25, 0.3) is 0 Å². The SMILES string of the molecule is Cc1ccc(Oc2nccnc2Sc2ccccc2C(=O)NCCN2CCN(C)CC2)cc1. The van der Waals surface area contributed by atoms with Gasteiger partial charge in [-0.2, -0.15) is 0 Å². The first-order valence-electron chi connectivity index (χ1n) is 11.1. The molecule has 0 unspecified atom stereocenters. The van der Waals surface area contributed by atoms with Gasteiger partial charge in [-0.1, -0.05) is 41.6 Å². The molecule has 1 amide bonds. The molecular formula is C25H29N5O2S. The van der Waals surface area contributed by atoms with Crippen LogP contribution in [0.3, 0.4) is 0 Å². The number of aromatic nitrogens is 2. The molecule has 4 rings (SSSR count). The van der Waals surface area contributed by atoms with Gasteiger partial charge in [-0.15, -0.1) is 0 Å². The van der Waals surface area contributed by atoms with Crippen molar-refractivity contribution >= 4 is 17.7 Å². The summed E-state index contributed by atoms with van der Waals surface area (Å²) in [7, 11) is 2.14. The fourth-order valence-electron chi connectivity index (χ4n) is 3.51. The van der Waals surface area contributed by atoms with Crippen LogP contribution in [0.2, 0.25) is 0 Å². The van der Waals surface area contributed by atoms with Crippen molar-refractivity contribution in [1.29, 1.82) is 0 Å². The van der Waals surface area contributed by atoms with E-state index in [1.54, 1.807) is 12.4 Å². The predicted molar refractivity (Wildman–Crippen MR) is 130 cm³/mol. The smallest absolute Gasteiger partial charge is 0.252 e. The maximum Gasteiger partial charge on any atom is 0.252 e. The topological polar surface area (TPSA) is 70.6 Å². The van der Waals surface area contributed by atoms with Crippen molar-refractivity contribution in [2.24, 2.45) is 0 Å². The van der Waals surface area contributed by atoms with Crippen LogP contribution in [-0.4, -0.2) is 72.0 Å². The Hall–Kier alpha value is -2.94. The molecule has 0 aliphatic carbocycles. The summed E-state index contributed by atoms with van der Waals surface area (Å²) in [4.78, 5) is 27.3. The predicted octanol–water partition coefficient (Wildman–Crippen LogP) is 3.71.